The molecular formula is C17H30INO2. The number of nitriles is 1. The summed E-state index contributed by atoms with van der Waals surface area (Å²) >= 11 is 2.39. The molecule has 0 unspecified atom stereocenters. The highest BCUT2D eigenvalue weighted by molar-refractivity contribution is 14.1. The smallest absolute Gasteiger partial charge is 0.165 e. The van der Waals surface area contributed by atoms with Crippen LogP contribution >= 0.6 is 22.6 Å². The topological polar surface area (TPSA) is 42.2 Å². The van der Waals surface area contributed by atoms with Gasteiger partial charge in [0.2, 0.25) is 0 Å². The third kappa shape index (κ3) is 6.83. The molecule has 3 nitrogen and oxygen atoms in total. The van der Waals surface area contributed by atoms with Gasteiger partial charge in [-0.25, -0.2) is 0 Å². The first-order valence-electron chi connectivity index (χ1n) is 8.32. The lowest BCUT2D eigenvalue weighted by Gasteiger charge is -2.45. The Balaban J connectivity index is 2.60. The standard InChI is InChI=1S/C17H30INO2/c1-4-5-6-7-10-15-13-17(14-19,11-8-9-12-18)21-16(2,3)20-15/h15H,4-13H2,1-3H3/t15-,17+/m0/s1. The van der Waals surface area contributed by atoms with E-state index in [2.05, 4.69) is 35.6 Å². The van der Waals surface area contributed by atoms with Gasteiger partial charge >= 0.3 is 0 Å². The summed E-state index contributed by atoms with van der Waals surface area (Å²) in [5, 5.41) is 9.67. The fraction of sp³-hybridized carbons (Fsp3) is 0.941. The summed E-state index contributed by atoms with van der Waals surface area (Å²) < 4.78 is 13.2. The molecule has 0 aromatic rings. The molecule has 122 valence electrons. The maximum absolute atomic E-state index is 9.67. The van der Waals surface area contributed by atoms with Crippen molar-refractivity contribution in [1.82, 2.24) is 0 Å². The third-order valence-electron chi connectivity index (χ3n) is 4.00. The van der Waals surface area contributed by atoms with Gasteiger partial charge in [0.15, 0.2) is 11.4 Å². The largest absolute Gasteiger partial charge is 0.347 e. The Bertz CT molecular complexity index is 340. The van der Waals surface area contributed by atoms with E-state index in [9.17, 15) is 5.26 Å². The molecule has 1 rings (SSSR count). The molecular weight excluding hydrogens is 377 g/mol. The van der Waals surface area contributed by atoms with Crippen LogP contribution in [0.15, 0.2) is 0 Å². The fourth-order valence-electron chi connectivity index (χ4n) is 3.09. The first kappa shape index (κ1) is 19.2. The van der Waals surface area contributed by atoms with Gasteiger partial charge in [-0.3, -0.25) is 0 Å². The molecule has 1 saturated heterocycles. The second-order valence-electron chi connectivity index (χ2n) is 6.55. The van der Waals surface area contributed by atoms with Crippen LogP contribution in [-0.2, 0) is 9.47 Å². The molecule has 1 heterocycles. The minimum atomic E-state index is -0.650. The number of hydrogen-bond donors (Lipinski definition) is 0. The van der Waals surface area contributed by atoms with Crippen LogP contribution < -0.4 is 0 Å². The summed E-state index contributed by atoms with van der Waals surface area (Å²) in [6.07, 6.45) is 9.92. The van der Waals surface area contributed by atoms with E-state index < -0.39 is 11.4 Å². The van der Waals surface area contributed by atoms with Crippen LogP contribution in [0.5, 0.6) is 0 Å². The number of unbranched alkanes of at least 4 members (excludes halogenated alkanes) is 4. The zero-order valence-electron chi connectivity index (χ0n) is 13.8. The second kappa shape index (κ2) is 9.32. The van der Waals surface area contributed by atoms with Crippen molar-refractivity contribution < 1.29 is 9.47 Å². The lowest BCUT2D eigenvalue weighted by molar-refractivity contribution is -0.321. The van der Waals surface area contributed by atoms with E-state index in [0.29, 0.717) is 0 Å². The SMILES string of the molecule is CCCCCC[C@H]1C[C@@](C#N)(CCCCI)OC(C)(C)O1. The molecule has 0 amide bonds. The van der Waals surface area contributed by atoms with Crippen molar-refractivity contribution in [2.45, 2.75) is 96.1 Å². The molecule has 0 aromatic carbocycles. The first-order valence-corrected chi connectivity index (χ1v) is 9.85. The number of nitrogens with zero attached hydrogens (tertiary/aromatic N) is 1. The Morgan fingerprint density at radius 1 is 1.19 bits per heavy atom. The molecule has 2 atom stereocenters. The van der Waals surface area contributed by atoms with E-state index in [4.69, 9.17) is 9.47 Å². The molecule has 21 heavy (non-hydrogen) atoms. The highest BCUT2D eigenvalue weighted by Gasteiger charge is 2.45. The van der Waals surface area contributed by atoms with E-state index in [1.54, 1.807) is 0 Å². The summed E-state index contributed by atoms with van der Waals surface area (Å²) in [7, 11) is 0. The van der Waals surface area contributed by atoms with Gasteiger partial charge in [-0.15, -0.1) is 0 Å². The maximum atomic E-state index is 9.67. The first-order chi connectivity index (χ1) is 9.97. The molecule has 1 aliphatic rings. The zero-order chi connectivity index (χ0) is 15.8. The van der Waals surface area contributed by atoms with Crippen LogP contribution in [0.3, 0.4) is 0 Å². The normalized spacial score (nSPS) is 28.2. The molecule has 0 bridgehead atoms. The Morgan fingerprint density at radius 3 is 2.57 bits per heavy atom. The summed E-state index contributed by atoms with van der Waals surface area (Å²) in [6, 6.07) is 2.46. The molecule has 4 heteroatoms. The van der Waals surface area contributed by atoms with Crippen molar-refractivity contribution >= 4 is 22.6 Å². The summed E-state index contributed by atoms with van der Waals surface area (Å²) in [4.78, 5) is 0. The van der Waals surface area contributed by atoms with Gasteiger partial charge in [-0.05, 0) is 44.0 Å². The predicted molar refractivity (Wildman–Crippen MR) is 94.5 cm³/mol. The molecule has 0 spiro atoms. The highest BCUT2D eigenvalue weighted by Crippen LogP contribution is 2.38. The van der Waals surface area contributed by atoms with Crippen LogP contribution in [0, 0.1) is 11.3 Å². The van der Waals surface area contributed by atoms with Gasteiger partial charge in [0.05, 0.1) is 12.2 Å². The van der Waals surface area contributed by atoms with E-state index in [1.807, 2.05) is 13.8 Å². The Labute approximate surface area is 143 Å². The van der Waals surface area contributed by atoms with E-state index >= 15 is 0 Å². The van der Waals surface area contributed by atoms with E-state index in [0.717, 1.165) is 36.5 Å². The average molecular weight is 407 g/mol. The van der Waals surface area contributed by atoms with Crippen molar-refractivity contribution in [1.29, 1.82) is 5.26 Å². The minimum Gasteiger partial charge on any atom is -0.347 e. The monoisotopic (exact) mass is 407 g/mol. The predicted octanol–water partition coefficient (Wildman–Crippen LogP) is 5.37. The van der Waals surface area contributed by atoms with Crippen molar-refractivity contribution in [2.24, 2.45) is 0 Å². The summed E-state index contributed by atoms with van der Waals surface area (Å²) in [5.74, 6) is -0.645. The Morgan fingerprint density at radius 2 is 1.95 bits per heavy atom. The van der Waals surface area contributed by atoms with Gasteiger partial charge in [0.1, 0.15) is 0 Å². The quantitative estimate of drug-likeness (QED) is 0.293. The number of hydrogen-bond acceptors (Lipinski definition) is 3. The molecule has 0 N–H and O–H groups in total. The minimum absolute atomic E-state index is 0.157. The molecule has 0 saturated carbocycles. The van der Waals surface area contributed by atoms with Gasteiger partial charge in [-0.1, -0.05) is 55.2 Å². The summed E-state index contributed by atoms with van der Waals surface area (Å²) in [5.41, 5.74) is -0.650. The van der Waals surface area contributed by atoms with Crippen molar-refractivity contribution in [2.75, 3.05) is 4.43 Å². The number of halogens is 1. The van der Waals surface area contributed by atoms with Crippen molar-refractivity contribution in [3.8, 4) is 6.07 Å². The molecule has 1 aliphatic heterocycles. The van der Waals surface area contributed by atoms with Crippen LogP contribution in [0.2, 0.25) is 0 Å². The van der Waals surface area contributed by atoms with Crippen LogP contribution in [0.1, 0.15) is 78.6 Å². The van der Waals surface area contributed by atoms with Gasteiger partial charge in [-0.2, -0.15) is 5.26 Å². The molecule has 0 aromatic heterocycles. The second-order valence-corrected chi connectivity index (χ2v) is 7.63. The van der Waals surface area contributed by atoms with Gasteiger partial charge in [0, 0.05) is 6.42 Å². The van der Waals surface area contributed by atoms with Crippen molar-refractivity contribution in [3.63, 3.8) is 0 Å². The number of ether oxygens (including phenoxy) is 2. The van der Waals surface area contributed by atoms with Crippen molar-refractivity contribution in [3.05, 3.63) is 0 Å². The highest BCUT2D eigenvalue weighted by atomic mass is 127. The van der Waals surface area contributed by atoms with Crippen LogP contribution in [0.4, 0.5) is 0 Å². The maximum Gasteiger partial charge on any atom is 0.165 e. The Hall–Kier alpha value is 0.140. The average Bonchev–Trinajstić information content (AvgIpc) is 2.42. The lowest BCUT2D eigenvalue weighted by Crippen LogP contribution is -2.51. The van der Waals surface area contributed by atoms with Crippen LogP contribution in [-0.4, -0.2) is 21.9 Å². The third-order valence-corrected chi connectivity index (χ3v) is 4.76. The lowest BCUT2D eigenvalue weighted by atomic mass is 9.88. The number of alkyl halides is 1. The molecule has 0 radical (unpaired) electrons. The van der Waals surface area contributed by atoms with Gasteiger partial charge in [0.25, 0.3) is 0 Å². The Kier molecular flexibility index (Phi) is 8.51. The number of rotatable bonds is 9. The zero-order valence-corrected chi connectivity index (χ0v) is 15.9. The molecule has 0 aliphatic carbocycles. The summed E-state index contributed by atoms with van der Waals surface area (Å²) in [6.45, 7) is 6.10. The van der Waals surface area contributed by atoms with E-state index in [1.165, 1.54) is 25.7 Å². The van der Waals surface area contributed by atoms with Crippen LogP contribution in [0.25, 0.3) is 0 Å². The van der Waals surface area contributed by atoms with Gasteiger partial charge < -0.3 is 9.47 Å². The van der Waals surface area contributed by atoms with E-state index in [-0.39, 0.29) is 6.10 Å². The fourth-order valence-corrected chi connectivity index (χ4v) is 3.63. The molecule has 1 fully saturated rings.